The maximum absolute atomic E-state index is 11.5. The Balaban J connectivity index is 1.61. The summed E-state index contributed by atoms with van der Waals surface area (Å²) < 4.78 is 11.4. The molecule has 2 aromatic rings. The molecule has 2 aliphatic rings. The van der Waals surface area contributed by atoms with Gasteiger partial charge in [-0.05, 0) is 67.6 Å². The van der Waals surface area contributed by atoms with Crippen molar-refractivity contribution in [2.75, 3.05) is 6.61 Å². The van der Waals surface area contributed by atoms with Crippen molar-refractivity contribution in [2.45, 2.75) is 65.1 Å². The van der Waals surface area contributed by atoms with Crippen LogP contribution in [0.2, 0.25) is 0 Å². The molecule has 0 bridgehead atoms. The number of fused-ring (bicyclic) bond motifs is 2. The molecule has 0 saturated heterocycles. The molecule has 0 aliphatic heterocycles. The Morgan fingerprint density at radius 2 is 1.83 bits per heavy atom. The van der Waals surface area contributed by atoms with E-state index in [1.807, 2.05) is 19.1 Å². The van der Waals surface area contributed by atoms with E-state index in [9.17, 15) is 15.0 Å². The van der Waals surface area contributed by atoms with E-state index in [1.165, 1.54) is 6.07 Å². The van der Waals surface area contributed by atoms with Gasteiger partial charge in [0.15, 0.2) is 0 Å². The Labute approximate surface area is 171 Å². The number of hydrogen-bond donors (Lipinski definition) is 2. The smallest absolute Gasteiger partial charge is 0.336 e. The quantitative estimate of drug-likeness (QED) is 0.757. The average Bonchev–Trinajstić information content (AvgIpc) is 2.64. The highest BCUT2D eigenvalue weighted by Crippen LogP contribution is 2.61. The first-order chi connectivity index (χ1) is 13.5. The Hall–Kier alpha value is -1.85. The number of benzene rings is 1. The van der Waals surface area contributed by atoms with Crippen LogP contribution in [0.4, 0.5) is 0 Å². The highest BCUT2D eigenvalue weighted by molar-refractivity contribution is 5.77. The lowest BCUT2D eigenvalue weighted by Gasteiger charge is -2.62. The first-order valence-electron chi connectivity index (χ1n) is 10.6. The van der Waals surface area contributed by atoms with Crippen LogP contribution in [-0.2, 0) is 0 Å². The summed E-state index contributed by atoms with van der Waals surface area (Å²) in [7, 11) is 0. The van der Waals surface area contributed by atoms with Gasteiger partial charge in [0.2, 0.25) is 0 Å². The van der Waals surface area contributed by atoms with E-state index in [0.29, 0.717) is 30.3 Å². The Morgan fingerprint density at radius 1 is 1.10 bits per heavy atom. The average molecular weight is 401 g/mol. The van der Waals surface area contributed by atoms with Crippen molar-refractivity contribution in [3.8, 4) is 5.75 Å². The van der Waals surface area contributed by atoms with Gasteiger partial charge in [0, 0.05) is 23.4 Å². The van der Waals surface area contributed by atoms with Crippen molar-refractivity contribution < 1.29 is 19.4 Å². The van der Waals surface area contributed by atoms with E-state index in [2.05, 4.69) is 20.8 Å². The third-order valence-electron chi connectivity index (χ3n) is 8.01. The fourth-order valence-electron chi connectivity index (χ4n) is 6.20. The molecule has 1 aromatic carbocycles. The van der Waals surface area contributed by atoms with Crippen molar-refractivity contribution in [3.05, 3.63) is 40.8 Å². The minimum absolute atomic E-state index is 0.0565. The molecule has 0 radical (unpaired) electrons. The normalized spacial score (nSPS) is 36.6. The summed E-state index contributed by atoms with van der Waals surface area (Å²) >= 11 is 0. The molecule has 4 rings (SSSR count). The fourth-order valence-corrected chi connectivity index (χ4v) is 6.20. The molecule has 0 amide bonds. The van der Waals surface area contributed by atoms with Crippen LogP contribution in [0.3, 0.4) is 0 Å². The molecule has 5 nitrogen and oxygen atoms in total. The number of rotatable bonds is 3. The molecule has 1 heterocycles. The zero-order chi connectivity index (χ0) is 21.0. The van der Waals surface area contributed by atoms with Crippen molar-refractivity contribution in [2.24, 2.45) is 22.7 Å². The summed E-state index contributed by atoms with van der Waals surface area (Å²) in [6, 6.07) is 8.62. The highest BCUT2D eigenvalue weighted by atomic mass is 16.5. The molecular weight excluding hydrogens is 368 g/mol. The number of aliphatic hydroxyl groups is 2. The van der Waals surface area contributed by atoms with Gasteiger partial charge in [-0.2, -0.15) is 0 Å². The van der Waals surface area contributed by atoms with E-state index in [1.54, 1.807) is 12.1 Å². The van der Waals surface area contributed by atoms with Gasteiger partial charge in [0.25, 0.3) is 0 Å². The van der Waals surface area contributed by atoms with Crippen LogP contribution in [0.5, 0.6) is 5.75 Å². The molecule has 2 saturated carbocycles. The maximum atomic E-state index is 11.5. The topological polar surface area (TPSA) is 79.9 Å². The lowest BCUT2D eigenvalue weighted by Crippen LogP contribution is -2.61. The Morgan fingerprint density at radius 3 is 2.59 bits per heavy atom. The maximum Gasteiger partial charge on any atom is 0.336 e. The van der Waals surface area contributed by atoms with Gasteiger partial charge in [-0.25, -0.2) is 4.79 Å². The molecule has 158 valence electrons. The molecule has 29 heavy (non-hydrogen) atoms. The van der Waals surface area contributed by atoms with Crippen LogP contribution in [0.15, 0.2) is 39.5 Å². The molecule has 5 heteroatoms. The third kappa shape index (κ3) is 3.38. The van der Waals surface area contributed by atoms with E-state index >= 15 is 0 Å². The van der Waals surface area contributed by atoms with Gasteiger partial charge in [-0.15, -0.1) is 0 Å². The lowest BCUT2D eigenvalue weighted by atomic mass is 9.45. The molecule has 5 atom stereocenters. The van der Waals surface area contributed by atoms with Crippen LogP contribution in [0.1, 0.15) is 53.4 Å². The second kappa shape index (κ2) is 6.85. The first-order valence-corrected chi connectivity index (χ1v) is 10.6. The molecular formula is C24H32O5. The van der Waals surface area contributed by atoms with Crippen molar-refractivity contribution in [3.63, 3.8) is 0 Å². The van der Waals surface area contributed by atoms with Gasteiger partial charge < -0.3 is 19.4 Å². The Bertz CT molecular complexity index is 959. The molecule has 1 aromatic heterocycles. The van der Waals surface area contributed by atoms with Crippen molar-refractivity contribution in [1.82, 2.24) is 0 Å². The molecule has 0 unspecified atom stereocenters. The zero-order valence-corrected chi connectivity index (χ0v) is 17.8. The predicted octanol–water partition coefficient (Wildman–Crippen LogP) is 4.14. The van der Waals surface area contributed by atoms with Crippen LogP contribution in [0.25, 0.3) is 11.0 Å². The molecule has 2 aliphatic carbocycles. The van der Waals surface area contributed by atoms with Gasteiger partial charge in [-0.3, -0.25) is 0 Å². The van der Waals surface area contributed by atoms with Crippen molar-refractivity contribution in [1.29, 1.82) is 0 Å². The summed E-state index contributed by atoms with van der Waals surface area (Å²) in [5, 5.41) is 22.7. The minimum atomic E-state index is -0.826. The van der Waals surface area contributed by atoms with Gasteiger partial charge in [0.05, 0.1) is 18.3 Å². The van der Waals surface area contributed by atoms with Crippen molar-refractivity contribution >= 4 is 11.0 Å². The standard InChI is InChI=1S/C24H32O5/c1-22(2)18-9-12-24(4,27)19(23(18,3)11-10-20(22)25)14-28-16-7-5-15-6-8-21(26)29-17(15)13-16/h5-8,13,18-20,25,27H,9-12,14H2,1-4H3/t18-,19+,20+,23-,24-/m1/s1. The van der Waals surface area contributed by atoms with E-state index in [-0.39, 0.29) is 28.5 Å². The third-order valence-corrected chi connectivity index (χ3v) is 8.01. The van der Waals surface area contributed by atoms with E-state index in [4.69, 9.17) is 9.15 Å². The SMILES string of the molecule is CC1(C)[C@H]2CC[C@@](C)(O)[C@@H](COc3ccc4ccc(=O)oc4c3)[C@]2(C)CC[C@@H]1O. The monoisotopic (exact) mass is 400 g/mol. The first kappa shape index (κ1) is 20.4. The zero-order valence-electron chi connectivity index (χ0n) is 17.8. The second-order valence-electron chi connectivity index (χ2n) is 10.1. The molecule has 2 N–H and O–H groups in total. The summed E-state index contributed by atoms with van der Waals surface area (Å²) in [6.45, 7) is 8.87. The van der Waals surface area contributed by atoms with Gasteiger partial charge >= 0.3 is 5.63 Å². The largest absolute Gasteiger partial charge is 0.493 e. The molecule has 0 spiro atoms. The lowest BCUT2D eigenvalue weighted by molar-refractivity contribution is -0.201. The van der Waals surface area contributed by atoms with E-state index < -0.39 is 5.60 Å². The van der Waals surface area contributed by atoms with Crippen LogP contribution in [-0.4, -0.2) is 28.5 Å². The van der Waals surface area contributed by atoms with Crippen LogP contribution in [0, 0.1) is 22.7 Å². The van der Waals surface area contributed by atoms with E-state index in [0.717, 1.165) is 24.6 Å². The number of hydrogen-bond acceptors (Lipinski definition) is 5. The summed E-state index contributed by atoms with van der Waals surface area (Å²) in [6.07, 6.45) is 2.91. The second-order valence-corrected chi connectivity index (χ2v) is 10.1. The highest BCUT2D eigenvalue weighted by Gasteiger charge is 2.60. The predicted molar refractivity (Wildman–Crippen MR) is 112 cm³/mol. The fraction of sp³-hybridized carbons (Fsp3) is 0.625. The van der Waals surface area contributed by atoms with Gasteiger partial charge in [-0.1, -0.05) is 20.8 Å². The van der Waals surface area contributed by atoms with Crippen LogP contribution >= 0.6 is 0 Å². The van der Waals surface area contributed by atoms with Crippen LogP contribution < -0.4 is 10.4 Å². The minimum Gasteiger partial charge on any atom is -0.493 e. The summed E-state index contributed by atoms with van der Waals surface area (Å²) in [5.41, 5.74) is -1.02. The molecule has 2 fully saturated rings. The Kier molecular flexibility index (Phi) is 4.82. The number of ether oxygens (including phenoxy) is 1. The summed E-state index contributed by atoms with van der Waals surface area (Å²) in [5.74, 6) is 0.893. The summed E-state index contributed by atoms with van der Waals surface area (Å²) in [4.78, 5) is 11.5. The van der Waals surface area contributed by atoms with Gasteiger partial charge in [0.1, 0.15) is 11.3 Å². The number of aliphatic hydroxyl groups excluding tert-OH is 1.